The Labute approximate surface area is 141 Å². The van der Waals surface area contributed by atoms with Gasteiger partial charge in [-0.3, -0.25) is 0 Å². The quantitative estimate of drug-likeness (QED) is 0.716. The molecule has 3 rings (SSSR count). The second kappa shape index (κ2) is 6.05. The van der Waals surface area contributed by atoms with Crippen molar-refractivity contribution in [2.45, 2.75) is 6.54 Å². The third kappa shape index (κ3) is 2.82. The number of hydrogen-bond acceptors (Lipinski definition) is 7. The van der Waals surface area contributed by atoms with E-state index in [1.807, 2.05) is 0 Å². The number of methoxy groups -OCH3 is 2. The second-order valence-electron chi connectivity index (χ2n) is 4.59. The molecular weight excluding hydrogens is 343 g/mol. The van der Waals surface area contributed by atoms with Crippen LogP contribution in [0, 0.1) is 0 Å². The molecule has 0 radical (unpaired) electrons. The van der Waals surface area contributed by atoms with Gasteiger partial charge in [0.25, 0.3) is 0 Å². The third-order valence-corrected chi connectivity index (χ3v) is 3.74. The molecule has 0 saturated heterocycles. The Morgan fingerprint density at radius 1 is 1.17 bits per heavy atom. The van der Waals surface area contributed by atoms with Crippen molar-refractivity contribution in [3.05, 3.63) is 27.9 Å². The molecule has 0 amide bonds. The van der Waals surface area contributed by atoms with E-state index in [4.69, 9.17) is 38.4 Å². The fourth-order valence-electron chi connectivity index (χ4n) is 2.19. The number of nitrogens with two attached hydrogens (primary N) is 1. The molecule has 0 unspecified atom stereocenters. The Hall–Kier alpha value is -2.32. The van der Waals surface area contributed by atoms with Gasteiger partial charge in [0.2, 0.25) is 5.95 Å². The van der Waals surface area contributed by atoms with Gasteiger partial charge in [0.15, 0.2) is 16.3 Å². The highest BCUT2D eigenvalue weighted by atomic mass is 35.5. The molecular formula is C13H12Cl2N6O2. The summed E-state index contributed by atoms with van der Waals surface area (Å²) in [7, 11) is 3.09. The minimum Gasteiger partial charge on any atom is -0.497 e. The van der Waals surface area contributed by atoms with Crippen LogP contribution in [0.3, 0.4) is 0 Å². The molecule has 0 fully saturated rings. The Kier molecular flexibility index (Phi) is 4.10. The van der Waals surface area contributed by atoms with Crippen LogP contribution in [0.4, 0.5) is 5.95 Å². The number of halogens is 2. The maximum atomic E-state index is 6.21. The molecule has 0 aliphatic carbocycles. The highest BCUT2D eigenvalue weighted by Gasteiger charge is 2.16. The molecule has 2 N–H and O–H groups in total. The van der Waals surface area contributed by atoms with Crippen molar-refractivity contribution in [2.75, 3.05) is 20.0 Å². The molecule has 1 aromatic carbocycles. The second-order valence-corrected chi connectivity index (χ2v) is 5.36. The first-order chi connectivity index (χ1) is 11.0. The van der Waals surface area contributed by atoms with E-state index >= 15 is 0 Å². The summed E-state index contributed by atoms with van der Waals surface area (Å²) in [5, 5.41) is 8.59. The molecule has 0 aliphatic heterocycles. The minimum atomic E-state index is 0.0432. The highest BCUT2D eigenvalue weighted by Crippen LogP contribution is 2.34. The van der Waals surface area contributed by atoms with Crippen molar-refractivity contribution in [1.82, 2.24) is 25.0 Å². The molecule has 0 spiro atoms. The fourth-order valence-corrected chi connectivity index (χ4v) is 2.71. The van der Waals surface area contributed by atoms with E-state index in [0.717, 1.165) is 5.56 Å². The maximum Gasteiger partial charge on any atom is 0.223 e. The molecule has 8 nitrogen and oxygen atoms in total. The van der Waals surface area contributed by atoms with Crippen molar-refractivity contribution in [3.63, 3.8) is 0 Å². The van der Waals surface area contributed by atoms with E-state index in [1.165, 1.54) is 11.8 Å². The zero-order valence-corrected chi connectivity index (χ0v) is 13.8. The van der Waals surface area contributed by atoms with Gasteiger partial charge in [-0.25, -0.2) is 4.68 Å². The first kappa shape index (κ1) is 15.6. The summed E-state index contributed by atoms with van der Waals surface area (Å²) in [4.78, 5) is 7.98. The first-order valence-electron chi connectivity index (χ1n) is 6.46. The summed E-state index contributed by atoms with van der Waals surface area (Å²) in [6.07, 6.45) is 0. The number of anilines is 1. The van der Waals surface area contributed by atoms with E-state index < -0.39 is 0 Å². The van der Waals surface area contributed by atoms with Gasteiger partial charge in [0.05, 0.1) is 25.8 Å². The summed E-state index contributed by atoms with van der Waals surface area (Å²) in [6, 6.07) is 3.46. The van der Waals surface area contributed by atoms with Gasteiger partial charge in [-0.2, -0.15) is 9.97 Å². The summed E-state index contributed by atoms with van der Waals surface area (Å²) in [5.74, 6) is 1.16. The van der Waals surface area contributed by atoms with Gasteiger partial charge >= 0.3 is 0 Å². The van der Waals surface area contributed by atoms with E-state index in [2.05, 4.69) is 20.3 Å². The Morgan fingerprint density at radius 3 is 2.65 bits per heavy atom. The van der Waals surface area contributed by atoms with Gasteiger partial charge in [0.1, 0.15) is 11.5 Å². The van der Waals surface area contributed by atoms with Crippen molar-refractivity contribution >= 4 is 40.3 Å². The Balaban J connectivity index is 2.11. The number of fused-ring (bicyclic) bond motifs is 1. The summed E-state index contributed by atoms with van der Waals surface area (Å²) in [5.41, 5.74) is 7.17. The number of nitrogens with zero attached hydrogens (tertiary/aromatic N) is 5. The summed E-state index contributed by atoms with van der Waals surface area (Å²) in [6.45, 7) is 0.295. The van der Waals surface area contributed by atoms with E-state index in [1.54, 1.807) is 19.2 Å². The number of benzene rings is 1. The molecule has 2 heterocycles. The molecule has 23 heavy (non-hydrogen) atoms. The molecule has 10 heteroatoms. The van der Waals surface area contributed by atoms with Crippen LogP contribution in [-0.2, 0) is 6.54 Å². The van der Waals surface area contributed by atoms with Crippen LogP contribution < -0.4 is 15.2 Å². The van der Waals surface area contributed by atoms with E-state index in [0.29, 0.717) is 34.2 Å². The Bertz CT molecular complexity index is 883. The highest BCUT2D eigenvalue weighted by molar-refractivity contribution is 6.33. The topological polar surface area (TPSA) is 101 Å². The normalized spacial score (nSPS) is 11.0. The minimum absolute atomic E-state index is 0.0432. The summed E-state index contributed by atoms with van der Waals surface area (Å²) < 4.78 is 12.1. The fraction of sp³-hybridized carbons (Fsp3) is 0.231. The lowest BCUT2D eigenvalue weighted by molar-refractivity contribution is 0.397. The maximum absolute atomic E-state index is 6.21. The SMILES string of the molecule is COc1cc(Cl)c(OC)c(Cn2nnc3c(Cl)nc(N)nc32)c1. The number of rotatable bonds is 4. The van der Waals surface area contributed by atoms with Gasteiger partial charge in [0, 0.05) is 11.6 Å². The lowest BCUT2D eigenvalue weighted by Gasteiger charge is -2.12. The molecule has 3 aromatic rings. The predicted octanol–water partition coefficient (Wildman–Crippen LogP) is 2.18. The molecule has 2 aromatic heterocycles. The van der Waals surface area contributed by atoms with Crippen LogP contribution in [0.1, 0.15) is 5.56 Å². The van der Waals surface area contributed by atoms with Crippen LogP contribution in [0.25, 0.3) is 11.2 Å². The van der Waals surface area contributed by atoms with Gasteiger partial charge < -0.3 is 15.2 Å². The van der Waals surface area contributed by atoms with Crippen LogP contribution in [0.15, 0.2) is 12.1 Å². The number of nitrogen functional groups attached to an aromatic ring is 1. The number of ether oxygens (including phenoxy) is 2. The number of aromatic nitrogens is 5. The predicted molar refractivity (Wildman–Crippen MR) is 86.2 cm³/mol. The zero-order valence-electron chi connectivity index (χ0n) is 12.2. The first-order valence-corrected chi connectivity index (χ1v) is 7.21. The molecule has 0 bridgehead atoms. The largest absolute Gasteiger partial charge is 0.497 e. The average molecular weight is 355 g/mol. The number of hydrogen-bond donors (Lipinski definition) is 1. The lowest BCUT2D eigenvalue weighted by atomic mass is 10.2. The monoisotopic (exact) mass is 354 g/mol. The van der Waals surface area contributed by atoms with Crippen molar-refractivity contribution in [1.29, 1.82) is 0 Å². The van der Waals surface area contributed by atoms with Crippen LogP contribution in [0.5, 0.6) is 11.5 Å². The van der Waals surface area contributed by atoms with Crippen molar-refractivity contribution in [2.24, 2.45) is 0 Å². The smallest absolute Gasteiger partial charge is 0.223 e. The standard InChI is InChI=1S/C13H12Cl2N6O2/c1-22-7-3-6(10(23-2)8(14)4-7)5-21-12-9(19-20-21)11(15)17-13(16)18-12/h3-4H,5H2,1-2H3,(H2,16,17,18). The van der Waals surface area contributed by atoms with Crippen molar-refractivity contribution in [3.8, 4) is 11.5 Å². The molecule has 0 aliphatic rings. The zero-order chi connectivity index (χ0) is 16.6. The van der Waals surface area contributed by atoms with Crippen LogP contribution >= 0.6 is 23.2 Å². The lowest BCUT2D eigenvalue weighted by Crippen LogP contribution is -2.06. The third-order valence-electron chi connectivity index (χ3n) is 3.19. The molecule has 0 atom stereocenters. The van der Waals surface area contributed by atoms with Crippen LogP contribution in [0.2, 0.25) is 10.2 Å². The van der Waals surface area contributed by atoms with E-state index in [-0.39, 0.29) is 11.1 Å². The van der Waals surface area contributed by atoms with Gasteiger partial charge in [-0.15, -0.1) is 5.10 Å². The average Bonchev–Trinajstić information content (AvgIpc) is 2.90. The van der Waals surface area contributed by atoms with Gasteiger partial charge in [-0.1, -0.05) is 28.4 Å². The van der Waals surface area contributed by atoms with Crippen LogP contribution in [-0.4, -0.2) is 39.2 Å². The van der Waals surface area contributed by atoms with Crippen molar-refractivity contribution < 1.29 is 9.47 Å². The summed E-state index contributed by atoms with van der Waals surface area (Å²) >= 11 is 12.2. The van der Waals surface area contributed by atoms with Gasteiger partial charge in [-0.05, 0) is 6.07 Å². The Morgan fingerprint density at radius 2 is 1.96 bits per heavy atom. The van der Waals surface area contributed by atoms with E-state index in [9.17, 15) is 0 Å². The molecule has 0 saturated carbocycles. The molecule has 120 valence electrons.